The van der Waals surface area contributed by atoms with E-state index in [0.717, 1.165) is 30.9 Å². The van der Waals surface area contributed by atoms with Gasteiger partial charge in [-0.25, -0.2) is 0 Å². The third-order valence-corrected chi connectivity index (χ3v) is 3.77. The van der Waals surface area contributed by atoms with Crippen LogP contribution in [0.25, 0.3) is 0 Å². The Bertz CT molecular complexity index is 453. The van der Waals surface area contributed by atoms with Crippen LogP contribution < -0.4 is 15.4 Å². The fourth-order valence-corrected chi connectivity index (χ4v) is 2.23. The van der Waals surface area contributed by atoms with Gasteiger partial charge in [0, 0.05) is 31.1 Å². The molecule has 1 saturated heterocycles. The smallest absolute Gasteiger partial charge is 0.230 e. The molecule has 4 nitrogen and oxygen atoms in total. The standard InChI is InChI=1S/C15H22N2O2/c1-15(2,12-6-4-5-7-13(12)19-3)14(18)17-10-11-8-16-9-11/h4-7,11,16H,8-10H2,1-3H3,(H,17,18). The van der Waals surface area contributed by atoms with Gasteiger partial charge in [0.1, 0.15) is 5.75 Å². The number of ether oxygens (including phenoxy) is 1. The maximum Gasteiger partial charge on any atom is 0.230 e. The Labute approximate surface area is 114 Å². The van der Waals surface area contributed by atoms with Gasteiger partial charge in [0.2, 0.25) is 5.91 Å². The van der Waals surface area contributed by atoms with Crippen LogP contribution >= 0.6 is 0 Å². The first-order chi connectivity index (χ1) is 9.05. The second-order valence-electron chi connectivity index (χ2n) is 5.56. The number of carbonyl (C=O) groups excluding carboxylic acids is 1. The molecular weight excluding hydrogens is 240 g/mol. The van der Waals surface area contributed by atoms with Gasteiger partial charge in [0.05, 0.1) is 12.5 Å². The molecule has 19 heavy (non-hydrogen) atoms. The van der Waals surface area contributed by atoms with Gasteiger partial charge >= 0.3 is 0 Å². The first kappa shape index (κ1) is 13.9. The van der Waals surface area contributed by atoms with E-state index in [-0.39, 0.29) is 5.91 Å². The molecule has 1 aliphatic rings. The summed E-state index contributed by atoms with van der Waals surface area (Å²) < 4.78 is 5.35. The summed E-state index contributed by atoms with van der Waals surface area (Å²) in [6.07, 6.45) is 0. The highest BCUT2D eigenvalue weighted by Gasteiger charge is 2.33. The Balaban J connectivity index is 2.08. The van der Waals surface area contributed by atoms with E-state index in [0.29, 0.717) is 5.92 Å². The molecular formula is C15H22N2O2. The molecule has 4 heteroatoms. The van der Waals surface area contributed by atoms with Crippen LogP contribution in [-0.2, 0) is 10.2 Å². The molecule has 1 aromatic rings. The molecule has 1 fully saturated rings. The largest absolute Gasteiger partial charge is 0.496 e. The molecule has 0 saturated carbocycles. The van der Waals surface area contributed by atoms with Crippen molar-refractivity contribution < 1.29 is 9.53 Å². The molecule has 1 aliphatic heterocycles. The first-order valence-corrected chi connectivity index (χ1v) is 6.68. The molecule has 1 heterocycles. The number of benzene rings is 1. The van der Waals surface area contributed by atoms with Crippen LogP contribution in [0.5, 0.6) is 5.75 Å². The second-order valence-corrected chi connectivity index (χ2v) is 5.56. The van der Waals surface area contributed by atoms with Gasteiger partial charge in [0.25, 0.3) is 0 Å². The van der Waals surface area contributed by atoms with Crippen LogP contribution in [-0.4, -0.2) is 32.7 Å². The number of nitrogens with one attached hydrogen (secondary N) is 2. The molecule has 1 aromatic carbocycles. The highest BCUT2D eigenvalue weighted by atomic mass is 16.5. The van der Waals surface area contributed by atoms with Crippen molar-refractivity contribution in [3.8, 4) is 5.75 Å². The van der Waals surface area contributed by atoms with Crippen molar-refractivity contribution in [2.45, 2.75) is 19.3 Å². The zero-order valence-corrected chi connectivity index (χ0v) is 11.8. The molecule has 2 N–H and O–H groups in total. The summed E-state index contributed by atoms with van der Waals surface area (Å²) in [7, 11) is 1.63. The maximum atomic E-state index is 12.4. The van der Waals surface area contributed by atoms with Gasteiger partial charge in [-0.1, -0.05) is 18.2 Å². The van der Waals surface area contributed by atoms with Crippen molar-refractivity contribution in [1.82, 2.24) is 10.6 Å². The van der Waals surface area contributed by atoms with E-state index >= 15 is 0 Å². The zero-order chi connectivity index (χ0) is 13.9. The highest BCUT2D eigenvalue weighted by Crippen LogP contribution is 2.31. The van der Waals surface area contributed by atoms with E-state index in [1.165, 1.54) is 0 Å². The lowest BCUT2D eigenvalue weighted by Crippen LogP contribution is -2.50. The van der Waals surface area contributed by atoms with Crippen molar-refractivity contribution in [1.29, 1.82) is 0 Å². The van der Waals surface area contributed by atoms with Crippen LogP contribution in [0.2, 0.25) is 0 Å². The summed E-state index contributed by atoms with van der Waals surface area (Å²) in [6.45, 7) is 6.59. The summed E-state index contributed by atoms with van der Waals surface area (Å²) >= 11 is 0. The van der Waals surface area contributed by atoms with Crippen molar-refractivity contribution >= 4 is 5.91 Å². The average molecular weight is 262 g/mol. The molecule has 0 unspecified atom stereocenters. The van der Waals surface area contributed by atoms with Crippen molar-refractivity contribution in [2.75, 3.05) is 26.7 Å². The van der Waals surface area contributed by atoms with Crippen LogP contribution in [0.3, 0.4) is 0 Å². The van der Waals surface area contributed by atoms with Gasteiger partial charge in [-0.2, -0.15) is 0 Å². The number of amides is 1. The van der Waals surface area contributed by atoms with Gasteiger partial charge in [0.15, 0.2) is 0 Å². The number of hydrogen-bond acceptors (Lipinski definition) is 3. The third kappa shape index (κ3) is 2.89. The SMILES string of the molecule is COc1ccccc1C(C)(C)C(=O)NCC1CNC1. The zero-order valence-electron chi connectivity index (χ0n) is 11.8. The first-order valence-electron chi connectivity index (χ1n) is 6.68. The van der Waals surface area contributed by atoms with E-state index in [4.69, 9.17) is 4.74 Å². The molecule has 0 aromatic heterocycles. The summed E-state index contributed by atoms with van der Waals surface area (Å²) in [5.41, 5.74) is 0.325. The minimum atomic E-state index is -0.593. The summed E-state index contributed by atoms with van der Waals surface area (Å²) in [4.78, 5) is 12.4. The highest BCUT2D eigenvalue weighted by molar-refractivity contribution is 5.88. The predicted molar refractivity (Wildman–Crippen MR) is 75.4 cm³/mol. The molecule has 0 radical (unpaired) electrons. The van der Waals surface area contributed by atoms with Crippen LogP contribution in [0.1, 0.15) is 19.4 Å². The van der Waals surface area contributed by atoms with Gasteiger partial charge in [-0.3, -0.25) is 4.79 Å². The number of methoxy groups -OCH3 is 1. The quantitative estimate of drug-likeness (QED) is 0.841. The van der Waals surface area contributed by atoms with Gasteiger partial charge < -0.3 is 15.4 Å². The molecule has 0 bridgehead atoms. The number of rotatable bonds is 5. The van der Waals surface area contributed by atoms with Crippen molar-refractivity contribution in [2.24, 2.45) is 5.92 Å². The molecule has 0 spiro atoms. The summed E-state index contributed by atoms with van der Waals surface area (Å²) in [6, 6.07) is 7.68. The molecule has 104 valence electrons. The van der Waals surface area contributed by atoms with Gasteiger partial charge in [-0.15, -0.1) is 0 Å². The Morgan fingerprint density at radius 1 is 1.42 bits per heavy atom. The molecule has 1 amide bonds. The van der Waals surface area contributed by atoms with E-state index in [1.807, 2.05) is 38.1 Å². The van der Waals surface area contributed by atoms with Gasteiger partial charge in [-0.05, 0) is 19.9 Å². The lowest BCUT2D eigenvalue weighted by molar-refractivity contribution is -0.126. The number of carbonyl (C=O) groups is 1. The normalized spacial score (nSPS) is 15.7. The summed E-state index contributed by atoms with van der Waals surface area (Å²) in [5.74, 6) is 1.37. The molecule has 0 aliphatic carbocycles. The average Bonchev–Trinajstić information content (AvgIpc) is 2.36. The topological polar surface area (TPSA) is 50.4 Å². The Hall–Kier alpha value is -1.55. The van der Waals surface area contributed by atoms with E-state index in [1.54, 1.807) is 7.11 Å². The lowest BCUT2D eigenvalue weighted by atomic mass is 9.83. The Morgan fingerprint density at radius 3 is 2.68 bits per heavy atom. The lowest BCUT2D eigenvalue weighted by Gasteiger charge is -2.30. The van der Waals surface area contributed by atoms with E-state index in [2.05, 4.69) is 10.6 Å². The van der Waals surface area contributed by atoms with E-state index in [9.17, 15) is 4.79 Å². The maximum absolute atomic E-state index is 12.4. The third-order valence-electron chi connectivity index (χ3n) is 3.77. The second kappa shape index (κ2) is 5.61. The predicted octanol–water partition coefficient (Wildman–Crippen LogP) is 1.31. The molecule has 2 rings (SSSR count). The number of hydrogen-bond donors (Lipinski definition) is 2. The Morgan fingerprint density at radius 2 is 2.11 bits per heavy atom. The number of para-hydroxylation sites is 1. The van der Waals surface area contributed by atoms with Crippen LogP contribution in [0, 0.1) is 5.92 Å². The fourth-order valence-electron chi connectivity index (χ4n) is 2.23. The molecule has 0 atom stereocenters. The summed E-state index contributed by atoms with van der Waals surface area (Å²) in [5, 5.41) is 6.24. The van der Waals surface area contributed by atoms with E-state index < -0.39 is 5.41 Å². The van der Waals surface area contributed by atoms with Crippen molar-refractivity contribution in [3.63, 3.8) is 0 Å². The minimum absolute atomic E-state index is 0.0453. The Kier molecular flexibility index (Phi) is 4.10. The van der Waals surface area contributed by atoms with Crippen LogP contribution in [0.15, 0.2) is 24.3 Å². The monoisotopic (exact) mass is 262 g/mol. The van der Waals surface area contributed by atoms with Crippen molar-refractivity contribution in [3.05, 3.63) is 29.8 Å². The van der Waals surface area contributed by atoms with Crippen LogP contribution in [0.4, 0.5) is 0 Å². The fraction of sp³-hybridized carbons (Fsp3) is 0.533. The minimum Gasteiger partial charge on any atom is -0.496 e.